The lowest BCUT2D eigenvalue weighted by molar-refractivity contribution is 0.0603. The second-order valence-corrected chi connectivity index (χ2v) is 5.64. The molecule has 0 radical (unpaired) electrons. The largest absolute Gasteiger partial charge is 0.465 e. The third-order valence-corrected chi connectivity index (χ3v) is 4.04. The Hall–Kier alpha value is -3.22. The number of hydrogen-bond donors (Lipinski definition) is 1. The van der Waals surface area contributed by atoms with Crippen LogP contribution in [0.15, 0.2) is 30.6 Å². The molecule has 0 amide bonds. The van der Waals surface area contributed by atoms with E-state index in [1.807, 2.05) is 30.8 Å². The third-order valence-electron chi connectivity index (χ3n) is 4.04. The lowest BCUT2D eigenvalue weighted by atomic mass is 10.1. The van der Waals surface area contributed by atoms with Crippen LogP contribution in [0.2, 0.25) is 0 Å². The lowest BCUT2D eigenvalue weighted by Crippen LogP contribution is -2.01. The first-order valence-electron chi connectivity index (χ1n) is 7.44. The monoisotopic (exact) mass is 321 g/mol. The summed E-state index contributed by atoms with van der Waals surface area (Å²) >= 11 is 0. The molecule has 0 unspecified atom stereocenters. The minimum atomic E-state index is -0.450. The number of aromatic amines is 1. The van der Waals surface area contributed by atoms with Gasteiger partial charge >= 0.3 is 5.97 Å². The molecule has 0 aliphatic carbocycles. The van der Waals surface area contributed by atoms with Crippen LogP contribution in [0.25, 0.3) is 33.5 Å². The second kappa shape index (κ2) is 5.16. The molecule has 0 saturated heterocycles. The molecule has 4 rings (SSSR count). The molecule has 4 aromatic rings. The van der Waals surface area contributed by atoms with Gasteiger partial charge in [0.15, 0.2) is 5.65 Å². The Morgan fingerprint density at radius 2 is 2.17 bits per heavy atom. The molecule has 1 N–H and O–H groups in total. The summed E-state index contributed by atoms with van der Waals surface area (Å²) in [6, 6.07) is 6.14. The topological polar surface area (TPSA) is 85.7 Å². The van der Waals surface area contributed by atoms with Crippen molar-refractivity contribution in [3.63, 3.8) is 0 Å². The fourth-order valence-corrected chi connectivity index (χ4v) is 2.83. The normalized spacial score (nSPS) is 11.3. The number of nitrogens with zero attached hydrogens (tertiary/aromatic N) is 4. The van der Waals surface area contributed by atoms with Crippen molar-refractivity contribution in [3.8, 4) is 11.4 Å². The van der Waals surface area contributed by atoms with Gasteiger partial charge in [-0.1, -0.05) is 12.1 Å². The highest BCUT2D eigenvalue weighted by molar-refractivity contribution is 6.02. The number of fused-ring (bicyclic) bond motifs is 2. The van der Waals surface area contributed by atoms with E-state index in [1.165, 1.54) is 7.11 Å². The predicted molar refractivity (Wildman–Crippen MR) is 89.7 cm³/mol. The van der Waals surface area contributed by atoms with E-state index in [1.54, 1.807) is 12.4 Å². The Kier molecular flexibility index (Phi) is 3.09. The molecule has 1 aromatic carbocycles. The van der Waals surface area contributed by atoms with E-state index < -0.39 is 5.97 Å². The highest BCUT2D eigenvalue weighted by Crippen LogP contribution is 2.28. The van der Waals surface area contributed by atoms with Gasteiger partial charge in [0.2, 0.25) is 0 Å². The molecule has 7 nitrogen and oxygen atoms in total. The highest BCUT2D eigenvalue weighted by atomic mass is 16.5. The van der Waals surface area contributed by atoms with Gasteiger partial charge in [-0.25, -0.2) is 14.8 Å². The third kappa shape index (κ3) is 2.05. The van der Waals surface area contributed by atoms with Crippen LogP contribution in [0.3, 0.4) is 0 Å². The van der Waals surface area contributed by atoms with Crippen LogP contribution in [0.4, 0.5) is 0 Å². The Morgan fingerprint density at radius 3 is 2.96 bits per heavy atom. The number of hydrogen-bond acceptors (Lipinski definition) is 5. The maximum absolute atomic E-state index is 11.9. The fourth-order valence-electron chi connectivity index (χ4n) is 2.83. The average molecular weight is 321 g/mol. The molecule has 120 valence electrons. The first-order chi connectivity index (χ1) is 11.6. The summed E-state index contributed by atoms with van der Waals surface area (Å²) in [6.07, 6.45) is 3.21. The Labute approximate surface area is 137 Å². The van der Waals surface area contributed by atoms with Gasteiger partial charge in [0.05, 0.1) is 18.8 Å². The second-order valence-electron chi connectivity index (χ2n) is 5.64. The molecule has 0 atom stereocenters. The van der Waals surface area contributed by atoms with Crippen LogP contribution < -0.4 is 0 Å². The molecule has 0 aliphatic rings. The smallest absolute Gasteiger partial charge is 0.341 e. The molecule has 0 spiro atoms. The number of ether oxygens (including phenoxy) is 1. The summed E-state index contributed by atoms with van der Waals surface area (Å²) < 4.78 is 6.61. The molecule has 7 heteroatoms. The zero-order valence-corrected chi connectivity index (χ0v) is 13.5. The number of carbonyl (C=O) groups excluding carboxylic acids is 1. The molecular weight excluding hydrogens is 306 g/mol. The molecular formula is C17H15N5O2. The van der Waals surface area contributed by atoms with Crippen LogP contribution in [0.1, 0.15) is 15.9 Å². The summed E-state index contributed by atoms with van der Waals surface area (Å²) in [5.74, 6) is -0.450. The van der Waals surface area contributed by atoms with Crippen molar-refractivity contribution < 1.29 is 9.53 Å². The van der Waals surface area contributed by atoms with E-state index in [0.717, 1.165) is 22.2 Å². The number of aromatic nitrogens is 5. The van der Waals surface area contributed by atoms with Crippen LogP contribution in [-0.2, 0) is 11.8 Å². The highest BCUT2D eigenvalue weighted by Gasteiger charge is 2.18. The average Bonchev–Trinajstić information content (AvgIpc) is 3.15. The van der Waals surface area contributed by atoms with Gasteiger partial charge in [-0.15, -0.1) is 0 Å². The predicted octanol–water partition coefficient (Wildman–Crippen LogP) is 2.61. The van der Waals surface area contributed by atoms with Crippen molar-refractivity contribution in [2.45, 2.75) is 6.92 Å². The van der Waals surface area contributed by atoms with Crippen molar-refractivity contribution in [2.24, 2.45) is 7.05 Å². The molecule has 3 aromatic heterocycles. The molecule has 3 heterocycles. The number of aryl methyl sites for hydroxylation is 2. The number of nitrogens with one attached hydrogen (secondary N) is 1. The number of benzene rings is 1. The summed E-state index contributed by atoms with van der Waals surface area (Å²) in [4.78, 5) is 23.7. The van der Waals surface area contributed by atoms with Gasteiger partial charge in [0.1, 0.15) is 22.5 Å². The van der Waals surface area contributed by atoms with Crippen molar-refractivity contribution >= 4 is 28.0 Å². The molecule has 0 aliphatic heterocycles. The van der Waals surface area contributed by atoms with Gasteiger partial charge in [-0.3, -0.25) is 4.68 Å². The Balaban J connectivity index is 1.95. The maximum atomic E-state index is 11.9. The minimum Gasteiger partial charge on any atom is -0.465 e. The van der Waals surface area contributed by atoms with Gasteiger partial charge in [0, 0.05) is 18.6 Å². The van der Waals surface area contributed by atoms with E-state index in [4.69, 9.17) is 4.74 Å². The van der Waals surface area contributed by atoms with Crippen LogP contribution >= 0.6 is 0 Å². The molecule has 0 fully saturated rings. The van der Waals surface area contributed by atoms with Gasteiger partial charge in [-0.2, -0.15) is 5.10 Å². The number of H-pyrrole nitrogens is 1. The summed E-state index contributed by atoms with van der Waals surface area (Å²) in [5, 5.41) is 5.57. The van der Waals surface area contributed by atoms with E-state index in [2.05, 4.69) is 26.1 Å². The molecule has 0 saturated carbocycles. The van der Waals surface area contributed by atoms with Crippen LogP contribution in [-0.4, -0.2) is 37.8 Å². The van der Waals surface area contributed by atoms with Gasteiger partial charge in [-0.05, 0) is 18.6 Å². The Bertz CT molecular complexity index is 1090. The summed E-state index contributed by atoms with van der Waals surface area (Å²) in [5.41, 5.74) is 4.91. The van der Waals surface area contributed by atoms with E-state index >= 15 is 0 Å². The van der Waals surface area contributed by atoms with Crippen molar-refractivity contribution in [3.05, 3.63) is 41.7 Å². The SMILES string of the molecule is COC(=O)c1c[nH]c2ncc(-c3nn(C)c4cc(C)ccc34)nc12. The molecule has 0 bridgehead atoms. The molecule has 24 heavy (non-hydrogen) atoms. The maximum Gasteiger partial charge on any atom is 0.341 e. The lowest BCUT2D eigenvalue weighted by Gasteiger charge is -2.00. The number of esters is 1. The van der Waals surface area contributed by atoms with Gasteiger partial charge < -0.3 is 9.72 Å². The van der Waals surface area contributed by atoms with E-state index in [-0.39, 0.29) is 0 Å². The van der Waals surface area contributed by atoms with Crippen LogP contribution in [0.5, 0.6) is 0 Å². The van der Waals surface area contributed by atoms with E-state index in [9.17, 15) is 4.79 Å². The van der Waals surface area contributed by atoms with E-state index in [0.29, 0.717) is 22.4 Å². The van der Waals surface area contributed by atoms with Crippen LogP contribution in [0, 0.1) is 6.92 Å². The zero-order chi connectivity index (χ0) is 16.8. The first kappa shape index (κ1) is 14.4. The first-order valence-corrected chi connectivity index (χ1v) is 7.44. The zero-order valence-electron chi connectivity index (χ0n) is 13.5. The Morgan fingerprint density at radius 1 is 1.33 bits per heavy atom. The van der Waals surface area contributed by atoms with Crippen molar-refractivity contribution in [1.29, 1.82) is 0 Å². The number of carbonyl (C=O) groups is 1. The fraction of sp³-hybridized carbons (Fsp3) is 0.176. The van der Waals surface area contributed by atoms with Crippen molar-refractivity contribution in [2.75, 3.05) is 7.11 Å². The van der Waals surface area contributed by atoms with Gasteiger partial charge in [0.25, 0.3) is 0 Å². The summed E-state index contributed by atoms with van der Waals surface area (Å²) in [6.45, 7) is 2.04. The number of rotatable bonds is 2. The number of methoxy groups -OCH3 is 1. The quantitative estimate of drug-likeness (QED) is 0.574. The standard InChI is InChI=1S/C17H15N5O2/c1-9-4-5-10-13(6-9)22(2)21-14(10)12-8-19-16-15(20-12)11(7-18-16)17(23)24-3/h4-8H,1-3H3,(H,18,19). The minimum absolute atomic E-state index is 0.359. The summed E-state index contributed by atoms with van der Waals surface area (Å²) in [7, 11) is 3.24. The van der Waals surface area contributed by atoms with Crippen molar-refractivity contribution in [1.82, 2.24) is 24.7 Å².